The molecule has 0 spiro atoms. The zero-order valence-electron chi connectivity index (χ0n) is 9.43. The molecule has 0 amide bonds. The fraction of sp³-hybridized carbons (Fsp3) is 0.417. The van der Waals surface area contributed by atoms with Gasteiger partial charge in [-0.15, -0.1) is 0 Å². The van der Waals surface area contributed by atoms with Crippen molar-refractivity contribution in [2.75, 3.05) is 25.7 Å². The number of fused-ring (bicyclic) bond motifs is 1. The van der Waals surface area contributed by atoms with Gasteiger partial charge in [0.1, 0.15) is 18.1 Å². The molecule has 16 heavy (non-hydrogen) atoms. The van der Waals surface area contributed by atoms with Crippen LogP contribution in [0.1, 0.15) is 6.42 Å². The smallest absolute Gasteiger partial charge is 0.142 e. The fourth-order valence-corrected chi connectivity index (χ4v) is 1.82. The van der Waals surface area contributed by atoms with E-state index in [0.717, 1.165) is 17.2 Å². The van der Waals surface area contributed by atoms with E-state index in [-0.39, 0.29) is 6.04 Å². The molecule has 0 saturated heterocycles. The van der Waals surface area contributed by atoms with Crippen LogP contribution in [0, 0.1) is 11.3 Å². The van der Waals surface area contributed by atoms with E-state index in [1.165, 1.54) is 0 Å². The van der Waals surface area contributed by atoms with Crippen molar-refractivity contribution >= 4 is 5.69 Å². The monoisotopic (exact) mass is 218 g/mol. The summed E-state index contributed by atoms with van der Waals surface area (Å²) in [6.45, 7) is 0.559. The molecule has 4 nitrogen and oxygen atoms in total. The van der Waals surface area contributed by atoms with Crippen molar-refractivity contribution in [1.29, 1.82) is 5.26 Å². The van der Waals surface area contributed by atoms with Crippen LogP contribution in [0.15, 0.2) is 18.2 Å². The summed E-state index contributed by atoms with van der Waals surface area (Å²) >= 11 is 0. The number of likely N-dealkylation sites (N-methyl/N-ethyl adjacent to an activating group) is 1. The highest BCUT2D eigenvalue weighted by atomic mass is 16.5. The van der Waals surface area contributed by atoms with E-state index in [1.807, 2.05) is 25.2 Å². The standard InChI is InChI=1S/C12H14N2O2/c1-14-9(5-6-13)8-16-12-4-3-10(15-2)7-11(12)14/h3-4,7,9H,5,8H2,1-2H3. The molecular weight excluding hydrogens is 204 g/mol. The first-order valence-corrected chi connectivity index (χ1v) is 5.17. The second-order valence-electron chi connectivity index (χ2n) is 3.77. The maximum Gasteiger partial charge on any atom is 0.142 e. The predicted octanol–water partition coefficient (Wildman–Crippen LogP) is 1.81. The van der Waals surface area contributed by atoms with Gasteiger partial charge < -0.3 is 14.4 Å². The van der Waals surface area contributed by atoms with Crippen LogP contribution in [-0.2, 0) is 0 Å². The summed E-state index contributed by atoms with van der Waals surface area (Å²) in [5.41, 5.74) is 0.978. The average molecular weight is 218 g/mol. The molecule has 1 aromatic rings. The molecule has 0 N–H and O–H groups in total. The van der Waals surface area contributed by atoms with Crippen molar-refractivity contribution in [1.82, 2.24) is 0 Å². The van der Waals surface area contributed by atoms with E-state index in [0.29, 0.717) is 13.0 Å². The lowest BCUT2D eigenvalue weighted by Gasteiger charge is -2.34. The Bertz CT molecular complexity index is 426. The van der Waals surface area contributed by atoms with Gasteiger partial charge in [-0.1, -0.05) is 0 Å². The summed E-state index contributed by atoms with van der Waals surface area (Å²) < 4.78 is 10.8. The average Bonchev–Trinajstić information content (AvgIpc) is 2.33. The third-order valence-corrected chi connectivity index (χ3v) is 2.85. The predicted molar refractivity (Wildman–Crippen MR) is 60.9 cm³/mol. The van der Waals surface area contributed by atoms with Crippen molar-refractivity contribution in [2.24, 2.45) is 0 Å². The molecule has 2 rings (SSSR count). The Kier molecular flexibility index (Phi) is 2.86. The lowest BCUT2D eigenvalue weighted by molar-refractivity contribution is 0.267. The summed E-state index contributed by atoms with van der Waals surface area (Å²) in [5.74, 6) is 1.64. The molecule has 1 aromatic carbocycles. The van der Waals surface area contributed by atoms with E-state index in [1.54, 1.807) is 7.11 Å². The Hall–Kier alpha value is -1.89. The van der Waals surface area contributed by atoms with Crippen LogP contribution in [0.3, 0.4) is 0 Å². The Morgan fingerprint density at radius 2 is 2.44 bits per heavy atom. The Morgan fingerprint density at radius 1 is 1.62 bits per heavy atom. The van der Waals surface area contributed by atoms with Gasteiger partial charge in [0.25, 0.3) is 0 Å². The molecule has 0 bridgehead atoms. The van der Waals surface area contributed by atoms with Gasteiger partial charge in [0.05, 0.1) is 31.3 Å². The topological polar surface area (TPSA) is 45.5 Å². The fourth-order valence-electron chi connectivity index (χ4n) is 1.82. The first-order chi connectivity index (χ1) is 7.76. The van der Waals surface area contributed by atoms with Gasteiger partial charge in [-0.25, -0.2) is 0 Å². The lowest BCUT2D eigenvalue weighted by atomic mass is 10.1. The molecule has 84 valence electrons. The molecule has 0 fully saturated rings. The zero-order chi connectivity index (χ0) is 11.5. The molecule has 0 aromatic heterocycles. The van der Waals surface area contributed by atoms with Crippen molar-refractivity contribution in [3.63, 3.8) is 0 Å². The Morgan fingerprint density at radius 3 is 3.12 bits per heavy atom. The quantitative estimate of drug-likeness (QED) is 0.759. The minimum absolute atomic E-state index is 0.115. The van der Waals surface area contributed by atoms with Crippen LogP contribution in [0.25, 0.3) is 0 Å². The third kappa shape index (κ3) is 1.76. The van der Waals surface area contributed by atoms with Crippen molar-refractivity contribution in [3.05, 3.63) is 18.2 Å². The van der Waals surface area contributed by atoms with Crippen molar-refractivity contribution < 1.29 is 9.47 Å². The van der Waals surface area contributed by atoms with Crippen LogP contribution in [0.4, 0.5) is 5.69 Å². The number of anilines is 1. The van der Waals surface area contributed by atoms with Gasteiger partial charge >= 0.3 is 0 Å². The highest BCUT2D eigenvalue weighted by Crippen LogP contribution is 2.36. The summed E-state index contributed by atoms with van der Waals surface area (Å²) in [6.07, 6.45) is 0.465. The van der Waals surface area contributed by atoms with Gasteiger partial charge in [-0.05, 0) is 12.1 Å². The lowest BCUT2D eigenvalue weighted by Crippen LogP contribution is -2.40. The van der Waals surface area contributed by atoms with Gasteiger partial charge in [0, 0.05) is 13.1 Å². The number of methoxy groups -OCH3 is 1. The summed E-state index contributed by atoms with van der Waals surface area (Å²) in [7, 11) is 3.61. The van der Waals surface area contributed by atoms with E-state index in [9.17, 15) is 0 Å². The number of hydrogen-bond acceptors (Lipinski definition) is 4. The minimum Gasteiger partial charge on any atom is -0.497 e. The Balaban J connectivity index is 2.31. The second kappa shape index (κ2) is 4.31. The van der Waals surface area contributed by atoms with Crippen LogP contribution < -0.4 is 14.4 Å². The SMILES string of the molecule is COc1ccc2c(c1)N(C)C(CC#N)CO2. The maximum absolute atomic E-state index is 8.73. The van der Waals surface area contributed by atoms with Crippen LogP contribution in [-0.4, -0.2) is 26.8 Å². The van der Waals surface area contributed by atoms with Gasteiger partial charge in [-0.2, -0.15) is 5.26 Å². The zero-order valence-corrected chi connectivity index (χ0v) is 9.43. The van der Waals surface area contributed by atoms with E-state index in [2.05, 4.69) is 11.0 Å². The van der Waals surface area contributed by atoms with Crippen LogP contribution >= 0.6 is 0 Å². The van der Waals surface area contributed by atoms with E-state index >= 15 is 0 Å². The molecule has 1 aliphatic rings. The highest BCUT2D eigenvalue weighted by Gasteiger charge is 2.24. The summed E-state index contributed by atoms with van der Waals surface area (Å²) in [4.78, 5) is 2.07. The number of hydrogen-bond donors (Lipinski definition) is 0. The van der Waals surface area contributed by atoms with Crippen LogP contribution in [0.5, 0.6) is 11.5 Å². The first-order valence-electron chi connectivity index (χ1n) is 5.17. The van der Waals surface area contributed by atoms with Gasteiger partial charge in [0.2, 0.25) is 0 Å². The van der Waals surface area contributed by atoms with Gasteiger partial charge in [0.15, 0.2) is 0 Å². The highest BCUT2D eigenvalue weighted by molar-refractivity contribution is 5.63. The molecule has 1 heterocycles. The van der Waals surface area contributed by atoms with E-state index in [4.69, 9.17) is 14.7 Å². The normalized spacial score (nSPS) is 18.3. The molecule has 1 atom stereocenters. The number of nitriles is 1. The molecule has 1 unspecified atom stereocenters. The largest absolute Gasteiger partial charge is 0.497 e. The van der Waals surface area contributed by atoms with Crippen molar-refractivity contribution in [3.8, 4) is 17.6 Å². The number of benzene rings is 1. The molecule has 0 radical (unpaired) electrons. The molecule has 4 heteroatoms. The number of rotatable bonds is 2. The van der Waals surface area contributed by atoms with Crippen LogP contribution in [0.2, 0.25) is 0 Å². The molecule has 1 aliphatic heterocycles. The summed E-state index contributed by atoms with van der Waals surface area (Å²) in [6, 6.07) is 7.99. The molecule has 0 saturated carbocycles. The maximum atomic E-state index is 8.73. The molecular formula is C12H14N2O2. The summed E-state index contributed by atoms with van der Waals surface area (Å²) in [5, 5.41) is 8.73. The minimum atomic E-state index is 0.115. The third-order valence-electron chi connectivity index (χ3n) is 2.85. The van der Waals surface area contributed by atoms with Gasteiger partial charge in [-0.3, -0.25) is 0 Å². The van der Waals surface area contributed by atoms with Crippen molar-refractivity contribution in [2.45, 2.75) is 12.5 Å². The molecule has 0 aliphatic carbocycles. The Labute approximate surface area is 95.0 Å². The van der Waals surface area contributed by atoms with E-state index < -0.39 is 0 Å². The number of ether oxygens (including phenoxy) is 2. The number of nitrogens with zero attached hydrogens (tertiary/aromatic N) is 2. The first kappa shape index (κ1) is 10.6. The second-order valence-corrected chi connectivity index (χ2v) is 3.77.